The fourth-order valence-corrected chi connectivity index (χ4v) is 4.34. The minimum atomic E-state index is -0.887. The van der Waals surface area contributed by atoms with Gasteiger partial charge < -0.3 is 25.3 Å². The molecule has 0 bridgehead atoms. The summed E-state index contributed by atoms with van der Waals surface area (Å²) in [6.07, 6.45) is 3.65. The molecule has 2 amide bonds. The Bertz CT molecular complexity index is 1370. The molecule has 1 aromatic carbocycles. The maximum atomic E-state index is 13.8. The van der Waals surface area contributed by atoms with E-state index in [2.05, 4.69) is 15.3 Å². The summed E-state index contributed by atoms with van der Waals surface area (Å²) in [4.78, 5) is 37.9. The van der Waals surface area contributed by atoms with Crippen LogP contribution in [0, 0.1) is 16.8 Å². The summed E-state index contributed by atoms with van der Waals surface area (Å²) in [6, 6.07) is 5.10. The second kappa shape index (κ2) is 11.3. The smallest absolute Gasteiger partial charge is 0.254 e. The predicted molar refractivity (Wildman–Crippen MR) is 135 cm³/mol. The Morgan fingerprint density at radius 1 is 1.21 bits per heavy atom. The Balaban J connectivity index is 1.36. The number of benzene rings is 1. The number of halogens is 2. The molecule has 1 atom stereocenters. The summed E-state index contributed by atoms with van der Waals surface area (Å²) in [5.74, 6) is -2.33. The number of carbonyl (C=O) groups is 2. The number of nitrogens with one attached hydrogen (secondary N) is 1. The molecule has 13 heteroatoms. The molecule has 3 aromatic rings. The lowest BCUT2D eigenvalue weighted by atomic mass is 9.96. The number of rotatable bonds is 7. The van der Waals surface area contributed by atoms with Crippen LogP contribution in [0.3, 0.4) is 0 Å². The van der Waals surface area contributed by atoms with E-state index in [-0.39, 0.29) is 35.0 Å². The minimum Gasteiger partial charge on any atom is -0.618 e. The van der Waals surface area contributed by atoms with Crippen molar-refractivity contribution in [3.05, 3.63) is 77.0 Å². The van der Waals surface area contributed by atoms with Crippen LogP contribution in [-0.4, -0.2) is 67.9 Å². The second-order valence-corrected chi connectivity index (χ2v) is 9.71. The number of hydrogen-bond acceptors (Lipinski definition) is 8. The van der Waals surface area contributed by atoms with Gasteiger partial charge in [-0.3, -0.25) is 14.5 Å². The monoisotopic (exact) mass is 542 g/mol. The van der Waals surface area contributed by atoms with Gasteiger partial charge in [-0.05, 0) is 32.9 Å². The molecule has 1 aliphatic heterocycles. The number of anilines is 1. The molecule has 1 saturated heterocycles. The molecule has 1 aliphatic rings. The first kappa shape index (κ1) is 27.8. The van der Waals surface area contributed by atoms with Gasteiger partial charge in [-0.25, -0.2) is 18.7 Å². The highest BCUT2D eigenvalue weighted by Gasteiger charge is 2.40. The molecule has 3 heterocycles. The molecule has 0 spiro atoms. The van der Waals surface area contributed by atoms with E-state index >= 15 is 0 Å². The van der Waals surface area contributed by atoms with Gasteiger partial charge in [0.15, 0.2) is 23.6 Å². The van der Waals surface area contributed by atoms with Gasteiger partial charge in [0.2, 0.25) is 17.5 Å². The van der Waals surface area contributed by atoms with Crippen LogP contribution < -0.4 is 14.8 Å². The highest BCUT2D eigenvalue weighted by Crippen LogP contribution is 2.26. The number of ether oxygens (including phenoxy) is 1. The van der Waals surface area contributed by atoms with E-state index < -0.39 is 29.8 Å². The highest BCUT2D eigenvalue weighted by atomic mass is 19.1. The molecular formula is C26H28F2N6O5. The maximum absolute atomic E-state index is 13.8. The Labute approximate surface area is 223 Å². The Kier molecular flexibility index (Phi) is 8.02. The van der Waals surface area contributed by atoms with Gasteiger partial charge in [-0.2, -0.15) is 4.73 Å². The molecule has 4 rings (SSSR count). The van der Waals surface area contributed by atoms with E-state index in [0.29, 0.717) is 36.0 Å². The lowest BCUT2D eigenvalue weighted by molar-refractivity contribution is -0.616. The zero-order valence-corrected chi connectivity index (χ0v) is 21.6. The van der Waals surface area contributed by atoms with E-state index in [0.717, 1.165) is 12.1 Å². The van der Waals surface area contributed by atoms with E-state index in [9.17, 15) is 28.7 Å². The van der Waals surface area contributed by atoms with Crippen molar-refractivity contribution >= 4 is 17.6 Å². The number of amides is 2. The van der Waals surface area contributed by atoms with Crippen molar-refractivity contribution in [2.45, 2.75) is 39.0 Å². The molecule has 0 saturated carbocycles. The fraction of sp³-hybridized carbons (Fsp3) is 0.346. The summed E-state index contributed by atoms with van der Waals surface area (Å²) in [6.45, 7) is 6.20. The average Bonchev–Trinajstić information content (AvgIpc) is 2.90. The summed E-state index contributed by atoms with van der Waals surface area (Å²) in [5, 5.41) is 23.7. The number of nitrogens with zero attached hydrogens (tertiary/aromatic N) is 5. The first-order valence-corrected chi connectivity index (χ1v) is 12.1. The van der Waals surface area contributed by atoms with Crippen LogP contribution in [0.25, 0.3) is 0 Å². The number of pyridine rings is 1. The van der Waals surface area contributed by atoms with Crippen molar-refractivity contribution < 1.29 is 32.9 Å². The van der Waals surface area contributed by atoms with Crippen LogP contribution in [0.15, 0.2) is 48.9 Å². The maximum Gasteiger partial charge on any atom is 0.254 e. The minimum absolute atomic E-state index is 0.0383. The first-order valence-electron chi connectivity index (χ1n) is 12.1. The van der Waals surface area contributed by atoms with Gasteiger partial charge in [0.25, 0.3) is 5.91 Å². The number of hydrogen-bond donors (Lipinski definition) is 2. The summed E-state index contributed by atoms with van der Waals surface area (Å²) in [7, 11) is 0. The van der Waals surface area contributed by atoms with E-state index in [1.165, 1.54) is 30.7 Å². The summed E-state index contributed by atoms with van der Waals surface area (Å²) in [5.41, 5.74) is -0.263. The van der Waals surface area contributed by atoms with Crippen LogP contribution in [0.2, 0.25) is 0 Å². The fourth-order valence-electron chi connectivity index (χ4n) is 4.34. The highest BCUT2D eigenvalue weighted by molar-refractivity contribution is 5.95. The molecule has 0 aliphatic carbocycles. The lowest BCUT2D eigenvalue weighted by Gasteiger charge is -2.48. The average molecular weight is 543 g/mol. The zero-order valence-electron chi connectivity index (χ0n) is 21.6. The molecule has 11 nitrogen and oxygen atoms in total. The zero-order chi connectivity index (χ0) is 28.3. The van der Waals surface area contributed by atoms with Gasteiger partial charge in [-0.1, -0.05) is 0 Å². The van der Waals surface area contributed by atoms with E-state index in [4.69, 9.17) is 4.74 Å². The number of aliphatic hydroxyl groups excluding tert-OH is 1. The molecule has 39 heavy (non-hydrogen) atoms. The molecule has 1 fully saturated rings. The van der Waals surface area contributed by atoms with Crippen LogP contribution in [0.5, 0.6) is 11.6 Å². The van der Waals surface area contributed by atoms with Crippen LogP contribution in [0.1, 0.15) is 36.8 Å². The summed E-state index contributed by atoms with van der Waals surface area (Å²) < 4.78 is 32.6. The number of piperazine rings is 1. The molecule has 0 radical (unpaired) electrons. The first-order chi connectivity index (χ1) is 18.5. The van der Waals surface area contributed by atoms with E-state index in [1.807, 2.05) is 18.7 Å². The van der Waals surface area contributed by atoms with Crippen LogP contribution >= 0.6 is 0 Å². The standard InChI is InChI=1S/C26H28F2N6O5/c1-16(24(36)31-22-12-30-23(13-29-22)39-21-5-4-18(27)11-20(21)28)32-8-9-33(26(2,3)15-32)25(37)17-6-7-34(38)19(10-17)14-35/h4-7,10-13,16,35H,8-9,14-15H2,1-3H3,(H,29,31,36)/t16-/m0/s1. The van der Waals surface area contributed by atoms with Crippen molar-refractivity contribution in [3.63, 3.8) is 0 Å². The number of aliphatic hydroxyl groups is 1. The molecule has 206 valence electrons. The van der Waals surface area contributed by atoms with Gasteiger partial charge in [-0.15, -0.1) is 0 Å². The third-order valence-corrected chi connectivity index (χ3v) is 6.50. The van der Waals surface area contributed by atoms with Crippen LogP contribution in [0.4, 0.5) is 14.6 Å². The molecule has 2 N–H and O–H groups in total. The van der Waals surface area contributed by atoms with Crippen molar-refractivity contribution in [3.8, 4) is 11.6 Å². The topological polar surface area (TPSA) is 135 Å². The Hall–Kier alpha value is -4.23. The third kappa shape index (κ3) is 6.26. The van der Waals surface area contributed by atoms with Gasteiger partial charge >= 0.3 is 0 Å². The molecule has 2 aromatic heterocycles. The SMILES string of the molecule is C[C@@H](C(=O)Nc1cnc(Oc2ccc(F)cc2F)cn1)N1CCN(C(=O)c2cc[n+]([O-])c(CO)c2)C(C)(C)C1. The Morgan fingerprint density at radius 2 is 1.97 bits per heavy atom. The van der Waals surface area contributed by atoms with Gasteiger partial charge in [0, 0.05) is 37.8 Å². The quantitative estimate of drug-likeness (QED) is 0.343. The van der Waals surface area contributed by atoms with Crippen molar-refractivity contribution in [1.29, 1.82) is 0 Å². The molecule has 0 unspecified atom stereocenters. The van der Waals surface area contributed by atoms with Crippen molar-refractivity contribution in [2.75, 3.05) is 25.0 Å². The normalized spacial score (nSPS) is 16.0. The number of carbonyl (C=O) groups excluding carboxylic acids is 2. The summed E-state index contributed by atoms with van der Waals surface area (Å²) >= 11 is 0. The van der Waals surface area contributed by atoms with Gasteiger partial charge in [0.05, 0.1) is 29.5 Å². The van der Waals surface area contributed by atoms with Crippen molar-refractivity contribution in [2.24, 2.45) is 0 Å². The Morgan fingerprint density at radius 3 is 2.62 bits per heavy atom. The second-order valence-electron chi connectivity index (χ2n) is 9.71. The van der Waals surface area contributed by atoms with Crippen LogP contribution in [-0.2, 0) is 11.4 Å². The lowest BCUT2D eigenvalue weighted by Crippen LogP contribution is -2.63. The third-order valence-electron chi connectivity index (χ3n) is 6.50. The van der Waals surface area contributed by atoms with E-state index in [1.54, 1.807) is 11.8 Å². The number of aromatic nitrogens is 3. The van der Waals surface area contributed by atoms with Crippen molar-refractivity contribution in [1.82, 2.24) is 19.8 Å². The predicted octanol–water partition coefficient (Wildman–Crippen LogP) is 2.24. The molecular weight excluding hydrogens is 514 g/mol. The largest absolute Gasteiger partial charge is 0.618 e. The van der Waals surface area contributed by atoms with Gasteiger partial charge in [0.1, 0.15) is 12.4 Å².